The van der Waals surface area contributed by atoms with E-state index in [1.165, 1.54) is 5.56 Å². The van der Waals surface area contributed by atoms with E-state index in [1.54, 1.807) is 0 Å². The van der Waals surface area contributed by atoms with E-state index in [1.807, 2.05) is 12.1 Å². The molecular weight excluding hydrogens is 633 g/mol. The molecule has 2 heterocycles. The summed E-state index contributed by atoms with van der Waals surface area (Å²) in [4.78, 5) is 5.18. The standard InChI is InChI=1S/C49H32N2O/c1-5-16-33(17-6-1)38-29-41(35-20-9-3-10-21-35)47-43(31-38)44-32-39(34-18-7-2-8-19-34)30-42(48(44)52-47)36-22-15-23-37(28-36)49-50-45-26-13-14-27-46(45)51(49)40-24-11-4-12-25-40/h1-32H. The van der Waals surface area contributed by atoms with Gasteiger partial charge >= 0.3 is 0 Å². The van der Waals surface area contributed by atoms with Gasteiger partial charge in [0.2, 0.25) is 0 Å². The van der Waals surface area contributed by atoms with E-state index in [4.69, 9.17) is 9.40 Å². The van der Waals surface area contributed by atoms with Crippen molar-refractivity contribution >= 4 is 33.0 Å². The highest BCUT2D eigenvalue weighted by Crippen LogP contribution is 2.45. The molecule has 0 fully saturated rings. The molecule has 10 aromatic rings. The van der Waals surface area contributed by atoms with Gasteiger partial charge in [-0.15, -0.1) is 0 Å². The highest BCUT2D eigenvalue weighted by atomic mass is 16.3. The zero-order valence-electron chi connectivity index (χ0n) is 28.3. The molecule has 0 radical (unpaired) electrons. The fourth-order valence-electron chi connectivity index (χ4n) is 7.50. The lowest BCUT2D eigenvalue weighted by Crippen LogP contribution is -1.97. The molecule has 0 bridgehead atoms. The first-order valence-corrected chi connectivity index (χ1v) is 17.6. The quantitative estimate of drug-likeness (QED) is 0.177. The van der Waals surface area contributed by atoms with Crippen molar-refractivity contribution in [2.24, 2.45) is 0 Å². The zero-order chi connectivity index (χ0) is 34.4. The van der Waals surface area contributed by atoms with Gasteiger partial charge in [-0.2, -0.15) is 0 Å². The lowest BCUT2D eigenvalue weighted by molar-refractivity contribution is 0.671. The Morgan fingerprint density at radius 3 is 1.46 bits per heavy atom. The van der Waals surface area contributed by atoms with E-state index in [9.17, 15) is 0 Å². The van der Waals surface area contributed by atoms with Crippen molar-refractivity contribution in [1.29, 1.82) is 0 Å². The third-order valence-corrected chi connectivity index (χ3v) is 9.98. The number of fused-ring (bicyclic) bond motifs is 4. The Bertz CT molecular complexity index is 2870. The second kappa shape index (κ2) is 12.4. The second-order valence-corrected chi connectivity index (χ2v) is 13.2. The molecule has 10 rings (SSSR count). The lowest BCUT2D eigenvalue weighted by atomic mass is 9.93. The molecule has 0 saturated heterocycles. The molecule has 244 valence electrons. The van der Waals surface area contributed by atoms with Crippen molar-refractivity contribution in [2.45, 2.75) is 0 Å². The summed E-state index contributed by atoms with van der Waals surface area (Å²) in [6.07, 6.45) is 0. The van der Waals surface area contributed by atoms with Crippen LogP contribution in [0.4, 0.5) is 0 Å². The molecule has 0 saturated carbocycles. The SMILES string of the molecule is c1ccc(-c2cc(-c3ccccc3)c3oc4c(-c5cccc(-c6nc7ccccc7n6-c6ccccc6)c5)cc(-c5ccccc5)cc4c3c2)cc1. The highest BCUT2D eigenvalue weighted by molar-refractivity contribution is 6.15. The van der Waals surface area contributed by atoms with Crippen molar-refractivity contribution in [3.63, 3.8) is 0 Å². The summed E-state index contributed by atoms with van der Waals surface area (Å²) in [6.45, 7) is 0. The molecule has 0 aliphatic rings. The zero-order valence-corrected chi connectivity index (χ0v) is 28.3. The largest absolute Gasteiger partial charge is 0.455 e. The molecular formula is C49H32N2O. The van der Waals surface area contributed by atoms with E-state index in [0.717, 1.165) is 89.0 Å². The number of hydrogen-bond donors (Lipinski definition) is 0. The first-order valence-electron chi connectivity index (χ1n) is 17.6. The van der Waals surface area contributed by atoms with Gasteiger partial charge in [0.15, 0.2) is 0 Å². The van der Waals surface area contributed by atoms with Crippen LogP contribution in [0.1, 0.15) is 0 Å². The first-order chi connectivity index (χ1) is 25.8. The number of nitrogens with zero attached hydrogens (tertiary/aromatic N) is 2. The molecule has 3 heteroatoms. The Hall–Kier alpha value is -6.97. The molecule has 0 aliphatic heterocycles. The van der Waals surface area contributed by atoms with Crippen LogP contribution in [0.25, 0.3) is 94.6 Å². The van der Waals surface area contributed by atoms with Crippen molar-refractivity contribution in [1.82, 2.24) is 9.55 Å². The number of aromatic nitrogens is 2. The molecule has 0 spiro atoms. The monoisotopic (exact) mass is 664 g/mol. The molecule has 0 atom stereocenters. The average Bonchev–Trinajstić information content (AvgIpc) is 3.81. The maximum atomic E-state index is 7.07. The predicted octanol–water partition coefficient (Wildman–Crippen LogP) is 13.3. The third-order valence-electron chi connectivity index (χ3n) is 9.98. The van der Waals surface area contributed by atoms with Crippen LogP contribution in [0, 0.1) is 0 Å². The van der Waals surface area contributed by atoms with Crippen molar-refractivity contribution in [2.75, 3.05) is 0 Å². The number of benzene rings is 8. The van der Waals surface area contributed by atoms with E-state index < -0.39 is 0 Å². The summed E-state index contributed by atoms with van der Waals surface area (Å²) in [5, 5.41) is 2.18. The first kappa shape index (κ1) is 29.9. The van der Waals surface area contributed by atoms with Crippen LogP contribution in [-0.2, 0) is 0 Å². The lowest BCUT2D eigenvalue weighted by Gasteiger charge is -2.12. The topological polar surface area (TPSA) is 31.0 Å². The fourth-order valence-corrected chi connectivity index (χ4v) is 7.50. The van der Waals surface area contributed by atoms with Gasteiger partial charge < -0.3 is 4.42 Å². The summed E-state index contributed by atoms with van der Waals surface area (Å²) in [5.74, 6) is 0.896. The minimum Gasteiger partial charge on any atom is -0.455 e. The molecule has 0 N–H and O–H groups in total. The minimum absolute atomic E-state index is 0.866. The maximum absolute atomic E-state index is 7.07. The summed E-state index contributed by atoms with van der Waals surface area (Å²) < 4.78 is 9.32. The second-order valence-electron chi connectivity index (χ2n) is 13.2. The van der Waals surface area contributed by atoms with Gasteiger partial charge in [-0.05, 0) is 88.0 Å². The molecule has 3 nitrogen and oxygen atoms in total. The van der Waals surface area contributed by atoms with Gasteiger partial charge in [-0.25, -0.2) is 4.98 Å². The Balaban J connectivity index is 1.25. The Kier molecular flexibility index (Phi) is 7.14. The van der Waals surface area contributed by atoms with Crippen LogP contribution in [-0.4, -0.2) is 9.55 Å². The van der Waals surface area contributed by atoms with Crippen LogP contribution in [0.5, 0.6) is 0 Å². The number of imidazole rings is 1. The van der Waals surface area contributed by atoms with Gasteiger partial charge in [-0.3, -0.25) is 4.57 Å². The van der Waals surface area contributed by atoms with Crippen molar-refractivity contribution in [3.05, 3.63) is 194 Å². The minimum atomic E-state index is 0.866. The van der Waals surface area contributed by atoms with Crippen LogP contribution in [0.15, 0.2) is 199 Å². The third kappa shape index (κ3) is 5.10. The van der Waals surface area contributed by atoms with Crippen molar-refractivity contribution in [3.8, 4) is 61.6 Å². The van der Waals surface area contributed by atoms with E-state index in [-0.39, 0.29) is 0 Å². The number of para-hydroxylation sites is 3. The summed E-state index contributed by atoms with van der Waals surface area (Å²) >= 11 is 0. The Morgan fingerprint density at radius 1 is 0.365 bits per heavy atom. The van der Waals surface area contributed by atoms with Gasteiger partial charge in [0, 0.05) is 33.2 Å². The fraction of sp³-hybridized carbons (Fsp3) is 0. The van der Waals surface area contributed by atoms with Crippen LogP contribution < -0.4 is 0 Å². The highest BCUT2D eigenvalue weighted by Gasteiger charge is 2.21. The predicted molar refractivity (Wildman–Crippen MR) is 216 cm³/mol. The summed E-state index contributed by atoms with van der Waals surface area (Å²) in [5.41, 5.74) is 14.8. The molecule has 8 aromatic carbocycles. The average molecular weight is 665 g/mol. The van der Waals surface area contributed by atoms with Crippen LogP contribution >= 0.6 is 0 Å². The van der Waals surface area contributed by atoms with E-state index >= 15 is 0 Å². The summed E-state index contributed by atoms with van der Waals surface area (Å²) in [6, 6.07) is 68.4. The molecule has 0 unspecified atom stereocenters. The Morgan fingerprint density at radius 2 is 0.846 bits per heavy atom. The van der Waals surface area contributed by atoms with E-state index in [2.05, 4.69) is 187 Å². The Labute approximate surface area is 301 Å². The molecule has 0 amide bonds. The number of rotatable bonds is 6. The smallest absolute Gasteiger partial charge is 0.145 e. The molecule has 0 aliphatic carbocycles. The number of hydrogen-bond acceptors (Lipinski definition) is 2. The molecule has 52 heavy (non-hydrogen) atoms. The van der Waals surface area contributed by atoms with Gasteiger partial charge in [0.05, 0.1) is 11.0 Å². The van der Waals surface area contributed by atoms with Crippen molar-refractivity contribution < 1.29 is 4.42 Å². The van der Waals surface area contributed by atoms with E-state index in [0.29, 0.717) is 0 Å². The van der Waals surface area contributed by atoms with Gasteiger partial charge in [0.25, 0.3) is 0 Å². The van der Waals surface area contributed by atoms with Gasteiger partial charge in [-0.1, -0.05) is 140 Å². The maximum Gasteiger partial charge on any atom is 0.145 e. The summed E-state index contributed by atoms with van der Waals surface area (Å²) in [7, 11) is 0. The number of furan rings is 1. The molecule has 2 aromatic heterocycles. The normalized spacial score (nSPS) is 11.5. The van der Waals surface area contributed by atoms with Crippen LogP contribution in [0.2, 0.25) is 0 Å². The van der Waals surface area contributed by atoms with Crippen LogP contribution in [0.3, 0.4) is 0 Å². The van der Waals surface area contributed by atoms with Gasteiger partial charge in [0.1, 0.15) is 17.0 Å².